The predicted octanol–water partition coefficient (Wildman–Crippen LogP) is 7.15. The summed E-state index contributed by atoms with van der Waals surface area (Å²) in [4.78, 5) is 0. The second kappa shape index (κ2) is 9.70. The first-order valence-electron chi connectivity index (χ1n) is 9.94. The lowest BCUT2D eigenvalue weighted by molar-refractivity contribution is 0.143. The largest absolute Gasteiger partial charge is 0.0917 e. The van der Waals surface area contributed by atoms with Crippen LogP contribution in [0.3, 0.4) is 0 Å². The number of unbranched alkanes of at least 4 members (excludes halogenated alkanes) is 2. The van der Waals surface area contributed by atoms with E-state index in [4.69, 9.17) is 0 Å². The first-order valence-corrected chi connectivity index (χ1v) is 9.94. The zero-order valence-electron chi connectivity index (χ0n) is 14.7. The molecule has 2 saturated carbocycles. The third kappa shape index (κ3) is 5.80. The molecule has 122 valence electrons. The van der Waals surface area contributed by atoms with E-state index in [0.717, 1.165) is 23.7 Å². The average Bonchev–Trinajstić information content (AvgIpc) is 2.54. The van der Waals surface area contributed by atoms with Gasteiger partial charge in [-0.15, -0.1) is 0 Å². The number of hydrogen-bond donors (Lipinski definition) is 0. The Balaban J connectivity index is 1.62. The fourth-order valence-electron chi connectivity index (χ4n) is 4.86. The minimum Gasteiger partial charge on any atom is -0.0917 e. The van der Waals surface area contributed by atoms with E-state index in [1.807, 2.05) is 0 Å². The molecule has 0 N–H and O–H groups in total. The number of allylic oxidation sites excluding steroid dienone is 2. The zero-order chi connectivity index (χ0) is 14.9. The van der Waals surface area contributed by atoms with Crippen molar-refractivity contribution in [3.63, 3.8) is 0 Å². The fraction of sp³-hybridized carbons (Fsp3) is 0.905. The SMILES string of the molecule is C/C=C/CC1CCC(C2CCC(CCCCC)CC2)CC1. The molecule has 0 bridgehead atoms. The molecular formula is C21H38. The van der Waals surface area contributed by atoms with E-state index in [2.05, 4.69) is 26.0 Å². The van der Waals surface area contributed by atoms with Crippen molar-refractivity contribution in [1.82, 2.24) is 0 Å². The normalized spacial score (nSPS) is 34.4. The molecule has 0 heteroatoms. The van der Waals surface area contributed by atoms with Crippen LogP contribution in [0.5, 0.6) is 0 Å². The van der Waals surface area contributed by atoms with E-state index < -0.39 is 0 Å². The minimum absolute atomic E-state index is 1.00. The van der Waals surface area contributed by atoms with Crippen LogP contribution >= 0.6 is 0 Å². The summed E-state index contributed by atoms with van der Waals surface area (Å²) in [6, 6.07) is 0. The van der Waals surface area contributed by atoms with Gasteiger partial charge in [-0.3, -0.25) is 0 Å². The molecule has 0 aromatic rings. The Kier molecular flexibility index (Phi) is 7.89. The molecule has 0 aromatic heterocycles. The van der Waals surface area contributed by atoms with Gasteiger partial charge >= 0.3 is 0 Å². The van der Waals surface area contributed by atoms with Crippen LogP contribution in [0.4, 0.5) is 0 Å². The van der Waals surface area contributed by atoms with Crippen molar-refractivity contribution in [1.29, 1.82) is 0 Å². The van der Waals surface area contributed by atoms with Crippen molar-refractivity contribution in [2.75, 3.05) is 0 Å². The molecule has 2 aliphatic carbocycles. The molecule has 0 spiro atoms. The van der Waals surface area contributed by atoms with E-state index in [0.29, 0.717) is 0 Å². The molecule has 0 unspecified atom stereocenters. The van der Waals surface area contributed by atoms with Crippen LogP contribution in [0.25, 0.3) is 0 Å². The molecule has 0 nitrogen and oxygen atoms in total. The summed E-state index contributed by atoms with van der Waals surface area (Å²) in [5.74, 6) is 4.26. The summed E-state index contributed by atoms with van der Waals surface area (Å²) in [5, 5.41) is 0. The lowest BCUT2D eigenvalue weighted by atomic mass is 9.68. The highest BCUT2D eigenvalue weighted by atomic mass is 14.4. The summed E-state index contributed by atoms with van der Waals surface area (Å²) >= 11 is 0. The Morgan fingerprint density at radius 1 is 0.762 bits per heavy atom. The smallest absolute Gasteiger partial charge is 0.0322 e. The Bertz CT molecular complexity index is 274. The molecule has 2 aliphatic rings. The van der Waals surface area contributed by atoms with Crippen molar-refractivity contribution >= 4 is 0 Å². The topological polar surface area (TPSA) is 0 Å². The minimum atomic E-state index is 1.00. The second-order valence-corrected chi connectivity index (χ2v) is 7.86. The third-order valence-electron chi connectivity index (χ3n) is 6.37. The predicted molar refractivity (Wildman–Crippen MR) is 94.5 cm³/mol. The fourth-order valence-corrected chi connectivity index (χ4v) is 4.86. The van der Waals surface area contributed by atoms with Gasteiger partial charge in [0.2, 0.25) is 0 Å². The zero-order valence-corrected chi connectivity index (χ0v) is 14.7. The molecule has 0 radical (unpaired) electrons. The van der Waals surface area contributed by atoms with Crippen LogP contribution in [0.2, 0.25) is 0 Å². The molecular weight excluding hydrogens is 252 g/mol. The molecule has 0 aliphatic heterocycles. The maximum absolute atomic E-state index is 2.38. The van der Waals surface area contributed by atoms with Gasteiger partial charge < -0.3 is 0 Å². The molecule has 21 heavy (non-hydrogen) atoms. The summed E-state index contributed by atoms with van der Waals surface area (Å²) in [7, 11) is 0. The van der Waals surface area contributed by atoms with Crippen LogP contribution in [-0.2, 0) is 0 Å². The lowest BCUT2D eigenvalue weighted by Gasteiger charge is -2.37. The van der Waals surface area contributed by atoms with Gasteiger partial charge in [0, 0.05) is 0 Å². The van der Waals surface area contributed by atoms with Crippen molar-refractivity contribution in [2.24, 2.45) is 23.7 Å². The maximum atomic E-state index is 2.38. The molecule has 2 rings (SSSR count). The van der Waals surface area contributed by atoms with E-state index in [-0.39, 0.29) is 0 Å². The highest BCUT2D eigenvalue weighted by molar-refractivity contribution is 4.86. The van der Waals surface area contributed by atoms with Crippen LogP contribution in [0, 0.1) is 23.7 Å². The van der Waals surface area contributed by atoms with Crippen molar-refractivity contribution in [3.8, 4) is 0 Å². The molecule has 0 saturated heterocycles. The van der Waals surface area contributed by atoms with Crippen LogP contribution in [0.1, 0.15) is 97.3 Å². The molecule has 0 atom stereocenters. The standard InChI is InChI=1S/C21H38/c1-3-5-7-9-19-12-16-21(17-13-19)20-14-10-18(11-15-20)8-6-4-2/h4,6,18-21H,3,5,7-17H2,1-2H3/b6-4+. The first kappa shape index (κ1) is 17.1. The Labute approximate surface area is 133 Å². The lowest BCUT2D eigenvalue weighted by Crippen LogP contribution is -2.25. The molecule has 0 heterocycles. The quantitative estimate of drug-likeness (QED) is 0.345. The van der Waals surface area contributed by atoms with E-state index in [1.54, 1.807) is 25.7 Å². The molecule has 0 amide bonds. The van der Waals surface area contributed by atoms with E-state index >= 15 is 0 Å². The van der Waals surface area contributed by atoms with Gasteiger partial charge in [0.1, 0.15) is 0 Å². The van der Waals surface area contributed by atoms with Crippen LogP contribution < -0.4 is 0 Å². The summed E-state index contributed by atoms with van der Waals surface area (Å²) < 4.78 is 0. The van der Waals surface area contributed by atoms with Crippen molar-refractivity contribution in [2.45, 2.75) is 97.3 Å². The van der Waals surface area contributed by atoms with Gasteiger partial charge in [-0.25, -0.2) is 0 Å². The highest BCUT2D eigenvalue weighted by Gasteiger charge is 2.30. The summed E-state index contributed by atoms with van der Waals surface area (Å²) in [6.45, 7) is 4.48. The maximum Gasteiger partial charge on any atom is -0.0322 e. The monoisotopic (exact) mass is 290 g/mol. The van der Waals surface area contributed by atoms with Gasteiger partial charge in [-0.1, -0.05) is 57.6 Å². The average molecular weight is 291 g/mol. The summed E-state index contributed by atoms with van der Waals surface area (Å²) in [6.07, 6.45) is 24.1. The number of rotatable bonds is 7. The second-order valence-electron chi connectivity index (χ2n) is 7.86. The van der Waals surface area contributed by atoms with Gasteiger partial charge in [0.25, 0.3) is 0 Å². The van der Waals surface area contributed by atoms with E-state index in [9.17, 15) is 0 Å². The molecule has 0 aromatic carbocycles. The van der Waals surface area contributed by atoms with Crippen molar-refractivity contribution < 1.29 is 0 Å². The van der Waals surface area contributed by atoms with Crippen LogP contribution in [0.15, 0.2) is 12.2 Å². The van der Waals surface area contributed by atoms with Gasteiger partial charge in [-0.05, 0) is 75.5 Å². The Hall–Kier alpha value is -0.260. The Morgan fingerprint density at radius 3 is 1.86 bits per heavy atom. The van der Waals surface area contributed by atoms with Gasteiger partial charge in [0.05, 0.1) is 0 Å². The number of hydrogen-bond acceptors (Lipinski definition) is 0. The van der Waals surface area contributed by atoms with Gasteiger partial charge in [-0.2, -0.15) is 0 Å². The highest BCUT2D eigenvalue weighted by Crippen LogP contribution is 2.42. The Morgan fingerprint density at radius 2 is 1.33 bits per heavy atom. The van der Waals surface area contributed by atoms with Crippen LogP contribution in [-0.4, -0.2) is 0 Å². The van der Waals surface area contributed by atoms with Gasteiger partial charge in [0.15, 0.2) is 0 Å². The summed E-state index contributed by atoms with van der Waals surface area (Å²) in [5.41, 5.74) is 0. The van der Waals surface area contributed by atoms with E-state index in [1.165, 1.54) is 57.8 Å². The molecule has 2 fully saturated rings. The van der Waals surface area contributed by atoms with Crippen molar-refractivity contribution in [3.05, 3.63) is 12.2 Å². The first-order chi connectivity index (χ1) is 10.3. The third-order valence-corrected chi connectivity index (χ3v) is 6.37.